The maximum absolute atomic E-state index is 12.8. The Labute approximate surface area is 134 Å². The van der Waals surface area contributed by atoms with Crippen LogP contribution in [0.15, 0.2) is 29.2 Å². The van der Waals surface area contributed by atoms with Crippen molar-refractivity contribution >= 4 is 21.7 Å². The lowest BCUT2D eigenvalue weighted by Crippen LogP contribution is -2.46. The minimum atomic E-state index is -3.59. The third kappa shape index (κ3) is 4.28. The molecule has 1 fully saturated rings. The van der Waals surface area contributed by atoms with E-state index in [9.17, 15) is 22.4 Å². The van der Waals surface area contributed by atoms with Gasteiger partial charge in [-0.3, -0.25) is 9.59 Å². The normalized spacial score (nSPS) is 16.4. The lowest BCUT2D eigenvalue weighted by atomic mass is 10.3. The summed E-state index contributed by atoms with van der Waals surface area (Å²) in [6.07, 6.45) is 1.17. The smallest absolute Gasteiger partial charge is 0.242 e. The van der Waals surface area contributed by atoms with Crippen molar-refractivity contribution in [2.75, 3.05) is 18.8 Å². The van der Waals surface area contributed by atoms with Gasteiger partial charge < -0.3 is 10.2 Å². The van der Waals surface area contributed by atoms with Crippen LogP contribution >= 0.6 is 0 Å². The Balaban J connectivity index is 1.87. The molecule has 23 heavy (non-hydrogen) atoms. The summed E-state index contributed by atoms with van der Waals surface area (Å²) in [6.45, 7) is 2.10. The van der Waals surface area contributed by atoms with Crippen molar-refractivity contribution in [2.24, 2.45) is 0 Å². The van der Waals surface area contributed by atoms with Crippen LogP contribution in [0.2, 0.25) is 0 Å². The van der Waals surface area contributed by atoms with Crippen LogP contribution < -0.4 is 5.32 Å². The minimum Gasteiger partial charge on any atom is -0.353 e. The maximum Gasteiger partial charge on any atom is 0.242 e. The molecule has 0 bridgehead atoms. The first-order valence-electron chi connectivity index (χ1n) is 7.37. The van der Waals surface area contributed by atoms with Crippen LogP contribution in [0, 0.1) is 5.82 Å². The number of carbonyl (C=O) groups is 2. The number of amides is 2. The van der Waals surface area contributed by atoms with Crippen molar-refractivity contribution in [3.05, 3.63) is 30.1 Å². The summed E-state index contributed by atoms with van der Waals surface area (Å²) in [7, 11) is -3.59. The Morgan fingerprint density at radius 3 is 2.57 bits per heavy atom. The van der Waals surface area contributed by atoms with Gasteiger partial charge in [0.1, 0.15) is 11.9 Å². The Hall–Kier alpha value is -1.96. The lowest BCUT2D eigenvalue weighted by molar-refractivity contribution is -0.136. The molecule has 1 aliphatic heterocycles. The lowest BCUT2D eigenvalue weighted by Gasteiger charge is -2.23. The Bertz CT molecular complexity index is 688. The first-order chi connectivity index (χ1) is 10.8. The van der Waals surface area contributed by atoms with E-state index in [4.69, 9.17) is 0 Å². The van der Waals surface area contributed by atoms with Gasteiger partial charge in [-0.15, -0.1) is 0 Å². The molecule has 0 saturated carbocycles. The molecule has 126 valence electrons. The van der Waals surface area contributed by atoms with Crippen molar-refractivity contribution in [2.45, 2.75) is 30.7 Å². The fourth-order valence-electron chi connectivity index (χ4n) is 2.44. The fourth-order valence-corrected chi connectivity index (χ4v) is 3.59. The largest absolute Gasteiger partial charge is 0.353 e. The van der Waals surface area contributed by atoms with Crippen LogP contribution in [-0.2, 0) is 19.4 Å². The number of nitrogens with one attached hydrogen (secondary N) is 1. The second kappa shape index (κ2) is 7.08. The first-order valence-corrected chi connectivity index (χ1v) is 9.02. The molecular weight excluding hydrogens is 323 g/mol. The number of carbonyl (C=O) groups excluding carboxylic acids is 2. The molecule has 2 rings (SSSR count). The monoisotopic (exact) mass is 342 g/mol. The standard InChI is InChI=1S/C15H19FN2O4S/c1-11(18-9-2-3-14(18)19)15(20)17-8-10-23(21,22)13-6-4-12(16)5-7-13/h4-7,11H,2-3,8-10H2,1H3,(H,17,20)/t11-/m0/s1. The third-order valence-electron chi connectivity index (χ3n) is 3.80. The Kier molecular flexibility index (Phi) is 5.35. The summed E-state index contributed by atoms with van der Waals surface area (Å²) < 4.78 is 36.9. The highest BCUT2D eigenvalue weighted by Crippen LogP contribution is 2.14. The van der Waals surface area contributed by atoms with Crippen molar-refractivity contribution in [1.82, 2.24) is 10.2 Å². The van der Waals surface area contributed by atoms with E-state index in [1.165, 1.54) is 17.0 Å². The maximum atomic E-state index is 12.8. The average Bonchev–Trinajstić information content (AvgIpc) is 2.92. The molecule has 6 nitrogen and oxygen atoms in total. The van der Waals surface area contributed by atoms with E-state index < -0.39 is 21.7 Å². The highest BCUT2D eigenvalue weighted by molar-refractivity contribution is 7.91. The second-order valence-corrected chi connectivity index (χ2v) is 7.54. The summed E-state index contributed by atoms with van der Waals surface area (Å²) in [4.78, 5) is 25.1. The van der Waals surface area contributed by atoms with Gasteiger partial charge in [0.25, 0.3) is 0 Å². The summed E-state index contributed by atoms with van der Waals surface area (Å²) >= 11 is 0. The molecule has 1 atom stereocenters. The van der Waals surface area contributed by atoms with E-state index in [0.29, 0.717) is 13.0 Å². The molecule has 1 aliphatic rings. The van der Waals surface area contributed by atoms with Gasteiger partial charge in [0, 0.05) is 19.5 Å². The summed E-state index contributed by atoms with van der Waals surface area (Å²) in [5, 5.41) is 2.53. The molecule has 0 unspecified atom stereocenters. The number of likely N-dealkylation sites (tertiary alicyclic amines) is 1. The average molecular weight is 342 g/mol. The number of benzene rings is 1. The zero-order valence-electron chi connectivity index (χ0n) is 12.8. The van der Waals surface area contributed by atoms with Gasteiger partial charge in [-0.1, -0.05) is 0 Å². The van der Waals surface area contributed by atoms with Crippen LogP contribution in [0.4, 0.5) is 4.39 Å². The topological polar surface area (TPSA) is 83.6 Å². The number of nitrogens with zero attached hydrogens (tertiary/aromatic N) is 1. The molecule has 0 spiro atoms. The van der Waals surface area contributed by atoms with E-state index in [0.717, 1.165) is 18.6 Å². The minimum absolute atomic E-state index is 0.0101. The zero-order chi connectivity index (χ0) is 17.0. The molecule has 2 amide bonds. The van der Waals surface area contributed by atoms with Crippen LogP contribution in [-0.4, -0.2) is 50.0 Å². The highest BCUT2D eigenvalue weighted by Gasteiger charge is 2.29. The second-order valence-electron chi connectivity index (χ2n) is 5.43. The predicted molar refractivity (Wildman–Crippen MR) is 81.9 cm³/mol. The van der Waals surface area contributed by atoms with Crippen LogP contribution in [0.3, 0.4) is 0 Å². The van der Waals surface area contributed by atoms with Crippen molar-refractivity contribution in [1.29, 1.82) is 0 Å². The van der Waals surface area contributed by atoms with Gasteiger partial charge >= 0.3 is 0 Å². The van der Waals surface area contributed by atoms with E-state index in [1.54, 1.807) is 6.92 Å². The van der Waals surface area contributed by atoms with E-state index in [2.05, 4.69) is 5.32 Å². The molecule has 1 heterocycles. The van der Waals surface area contributed by atoms with Crippen LogP contribution in [0.25, 0.3) is 0 Å². The number of hydrogen-bond acceptors (Lipinski definition) is 4. The van der Waals surface area contributed by atoms with E-state index in [-0.39, 0.29) is 29.0 Å². The van der Waals surface area contributed by atoms with Crippen molar-refractivity contribution in [3.63, 3.8) is 0 Å². The van der Waals surface area contributed by atoms with Gasteiger partial charge in [-0.05, 0) is 37.6 Å². The molecule has 1 aromatic carbocycles. The number of sulfone groups is 1. The molecule has 8 heteroatoms. The number of halogens is 1. The molecular formula is C15H19FN2O4S. The quantitative estimate of drug-likeness (QED) is 0.773. The highest BCUT2D eigenvalue weighted by atomic mass is 32.2. The Morgan fingerprint density at radius 2 is 2.00 bits per heavy atom. The molecule has 1 N–H and O–H groups in total. The van der Waals surface area contributed by atoms with Gasteiger partial charge in [-0.25, -0.2) is 12.8 Å². The Morgan fingerprint density at radius 1 is 1.35 bits per heavy atom. The SMILES string of the molecule is C[C@@H](C(=O)NCCS(=O)(=O)c1ccc(F)cc1)N1CCCC1=O. The third-order valence-corrected chi connectivity index (χ3v) is 5.53. The molecule has 1 saturated heterocycles. The predicted octanol–water partition coefficient (Wildman–Crippen LogP) is 0.726. The van der Waals surface area contributed by atoms with Gasteiger partial charge in [0.15, 0.2) is 9.84 Å². The fraction of sp³-hybridized carbons (Fsp3) is 0.467. The van der Waals surface area contributed by atoms with E-state index >= 15 is 0 Å². The number of rotatable bonds is 6. The van der Waals surface area contributed by atoms with Gasteiger partial charge in [-0.2, -0.15) is 0 Å². The molecule has 0 radical (unpaired) electrons. The number of hydrogen-bond donors (Lipinski definition) is 1. The summed E-state index contributed by atoms with van der Waals surface area (Å²) in [5.74, 6) is -1.24. The van der Waals surface area contributed by atoms with E-state index in [1.807, 2.05) is 0 Å². The summed E-state index contributed by atoms with van der Waals surface area (Å²) in [5.41, 5.74) is 0. The molecule has 0 aliphatic carbocycles. The van der Waals surface area contributed by atoms with Crippen LogP contribution in [0.1, 0.15) is 19.8 Å². The van der Waals surface area contributed by atoms with Crippen LogP contribution in [0.5, 0.6) is 0 Å². The van der Waals surface area contributed by atoms with Gasteiger partial charge in [0.2, 0.25) is 11.8 Å². The molecule has 1 aromatic rings. The zero-order valence-corrected chi connectivity index (χ0v) is 13.6. The van der Waals surface area contributed by atoms with Crippen molar-refractivity contribution in [3.8, 4) is 0 Å². The molecule has 0 aromatic heterocycles. The van der Waals surface area contributed by atoms with Crippen molar-refractivity contribution < 1.29 is 22.4 Å². The van der Waals surface area contributed by atoms with Gasteiger partial charge in [0.05, 0.1) is 10.6 Å². The first kappa shape index (κ1) is 17.4. The summed E-state index contributed by atoms with van der Waals surface area (Å²) in [6, 6.07) is 3.92.